The van der Waals surface area contributed by atoms with Crippen LogP contribution in [0.4, 0.5) is 0 Å². The lowest BCUT2D eigenvalue weighted by Crippen LogP contribution is -2.33. The van der Waals surface area contributed by atoms with Gasteiger partial charge in [0, 0.05) is 24.7 Å². The quantitative estimate of drug-likeness (QED) is 0.832. The van der Waals surface area contributed by atoms with Crippen LogP contribution < -0.4 is 4.74 Å². The van der Waals surface area contributed by atoms with Crippen LogP contribution in [0, 0.1) is 5.92 Å². The van der Waals surface area contributed by atoms with Crippen LogP contribution in [0.2, 0.25) is 0 Å². The molecule has 20 heavy (non-hydrogen) atoms. The van der Waals surface area contributed by atoms with Crippen LogP contribution in [-0.4, -0.2) is 35.7 Å². The van der Waals surface area contributed by atoms with Crippen molar-refractivity contribution in [1.29, 1.82) is 0 Å². The molecule has 112 valence electrons. The maximum atomic E-state index is 11.1. The molecule has 0 radical (unpaired) electrons. The van der Waals surface area contributed by atoms with Gasteiger partial charge in [0.15, 0.2) is 0 Å². The molecule has 0 saturated carbocycles. The van der Waals surface area contributed by atoms with Crippen molar-refractivity contribution >= 4 is 5.97 Å². The first-order valence-electron chi connectivity index (χ1n) is 6.99. The average Bonchev–Trinajstić information content (AvgIpc) is 2.37. The molecule has 1 N–H and O–H groups in total. The molecule has 1 aromatic rings. The molecule has 0 fully saturated rings. The molecule has 0 saturated heterocycles. The van der Waals surface area contributed by atoms with Crippen molar-refractivity contribution in [3.8, 4) is 5.75 Å². The Morgan fingerprint density at radius 2 is 1.95 bits per heavy atom. The zero-order valence-electron chi connectivity index (χ0n) is 13.0. The summed E-state index contributed by atoms with van der Waals surface area (Å²) in [5.41, 5.74) is 1.22. The van der Waals surface area contributed by atoms with E-state index in [0.29, 0.717) is 24.1 Å². The molecule has 1 rings (SSSR count). The number of carbonyl (C=O) groups is 1. The number of nitrogens with zero attached hydrogens (tertiary/aromatic N) is 1. The van der Waals surface area contributed by atoms with E-state index in [1.807, 2.05) is 0 Å². The second-order valence-corrected chi connectivity index (χ2v) is 5.75. The van der Waals surface area contributed by atoms with Gasteiger partial charge in [-0.2, -0.15) is 0 Å². The lowest BCUT2D eigenvalue weighted by molar-refractivity contribution is 0.0696. The maximum absolute atomic E-state index is 11.1. The van der Waals surface area contributed by atoms with Gasteiger partial charge in [-0.1, -0.05) is 13.8 Å². The Bertz CT molecular complexity index is 455. The van der Waals surface area contributed by atoms with E-state index in [1.54, 1.807) is 25.3 Å². The van der Waals surface area contributed by atoms with Crippen molar-refractivity contribution < 1.29 is 14.6 Å². The van der Waals surface area contributed by atoms with Gasteiger partial charge in [0.05, 0.1) is 12.7 Å². The summed E-state index contributed by atoms with van der Waals surface area (Å²) < 4.78 is 5.35. The van der Waals surface area contributed by atoms with E-state index in [-0.39, 0.29) is 0 Å². The Morgan fingerprint density at radius 1 is 1.30 bits per heavy atom. The Labute approximate surface area is 121 Å². The highest BCUT2D eigenvalue weighted by molar-refractivity contribution is 5.88. The minimum absolute atomic E-state index is 0.300. The largest absolute Gasteiger partial charge is 0.496 e. The van der Waals surface area contributed by atoms with Crippen LogP contribution in [-0.2, 0) is 6.54 Å². The van der Waals surface area contributed by atoms with E-state index < -0.39 is 5.97 Å². The molecule has 0 aliphatic carbocycles. The lowest BCUT2D eigenvalue weighted by atomic mass is 10.1. The van der Waals surface area contributed by atoms with Gasteiger partial charge in [0.25, 0.3) is 0 Å². The molecule has 4 nitrogen and oxygen atoms in total. The SMILES string of the molecule is COc1ccc(C(=O)O)cc1CN(CC(C)C)C(C)C. The van der Waals surface area contributed by atoms with Gasteiger partial charge in [0.2, 0.25) is 0 Å². The topological polar surface area (TPSA) is 49.8 Å². The van der Waals surface area contributed by atoms with Gasteiger partial charge < -0.3 is 9.84 Å². The third-order valence-corrected chi connectivity index (χ3v) is 3.23. The number of benzene rings is 1. The third-order valence-electron chi connectivity index (χ3n) is 3.23. The highest BCUT2D eigenvalue weighted by atomic mass is 16.5. The van der Waals surface area contributed by atoms with E-state index in [9.17, 15) is 4.79 Å². The number of carboxylic acid groups (broad SMARTS) is 1. The van der Waals surface area contributed by atoms with E-state index in [1.165, 1.54) is 0 Å². The predicted octanol–water partition coefficient (Wildman–Crippen LogP) is 3.26. The Hall–Kier alpha value is -1.55. The van der Waals surface area contributed by atoms with Gasteiger partial charge in [-0.05, 0) is 38.0 Å². The fourth-order valence-electron chi connectivity index (χ4n) is 2.18. The first-order valence-corrected chi connectivity index (χ1v) is 6.99. The Balaban J connectivity index is 3.03. The second-order valence-electron chi connectivity index (χ2n) is 5.75. The van der Waals surface area contributed by atoms with Crippen LogP contribution >= 0.6 is 0 Å². The lowest BCUT2D eigenvalue weighted by Gasteiger charge is -2.29. The number of methoxy groups -OCH3 is 1. The summed E-state index contributed by atoms with van der Waals surface area (Å²) in [4.78, 5) is 13.4. The molecule has 0 aromatic heterocycles. The first-order chi connectivity index (χ1) is 9.35. The van der Waals surface area contributed by atoms with Crippen LogP contribution in [0.1, 0.15) is 43.6 Å². The number of aromatic carboxylic acids is 1. The Kier molecular flexibility index (Phi) is 6.02. The number of ether oxygens (including phenoxy) is 1. The van der Waals surface area contributed by atoms with Gasteiger partial charge in [-0.15, -0.1) is 0 Å². The van der Waals surface area contributed by atoms with Gasteiger partial charge in [-0.3, -0.25) is 4.90 Å². The zero-order chi connectivity index (χ0) is 15.3. The standard InChI is InChI=1S/C16H25NO3/c1-11(2)9-17(12(3)4)10-14-8-13(16(18)19)6-7-15(14)20-5/h6-8,11-12H,9-10H2,1-5H3,(H,18,19). The highest BCUT2D eigenvalue weighted by Crippen LogP contribution is 2.23. The third kappa shape index (κ3) is 4.53. The molecular weight excluding hydrogens is 254 g/mol. The van der Waals surface area contributed by atoms with Crippen LogP contribution in [0.5, 0.6) is 5.75 Å². The molecule has 0 aliphatic rings. The summed E-state index contributed by atoms with van der Waals surface area (Å²) in [6.45, 7) is 10.3. The van der Waals surface area contributed by atoms with Gasteiger partial charge in [0.1, 0.15) is 5.75 Å². The fraction of sp³-hybridized carbons (Fsp3) is 0.562. The van der Waals surface area contributed by atoms with E-state index in [2.05, 4.69) is 32.6 Å². The summed E-state index contributed by atoms with van der Waals surface area (Å²) in [6, 6.07) is 5.41. The molecule has 0 aliphatic heterocycles. The maximum Gasteiger partial charge on any atom is 0.335 e. The van der Waals surface area contributed by atoms with Crippen molar-refractivity contribution in [2.75, 3.05) is 13.7 Å². The smallest absolute Gasteiger partial charge is 0.335 e. The van der Waals surface area contributed by atoms with Crippen LogP contribution in [0.3, 0.4) is 0 Å². The Morgan fingerprint density at radius 3 is 2.40 bits per heavy atom. The van der Waals surface area contributed by atoms with E-state index in [0.717, 1.165) is 17.9 Å². The summed E-state index contributed by atoms with van der Waals surface area (Å²) in [5, 5.41) is 9.11. The highest BCUT2D eigenvalue weighted by Gasteiger charge is 2.16. The zero-order valence-corrected chi connectivity index (χ0v) is 13.0. The van der Waals surface area contributed by atoms with Crippen molar-refractivity contribution in [1.82, 2.24) is 4.90 Å². The molecule has 1 aromatic carbocycles. The predicted molar refractivity (Wildman–Crippen MR) is 80.3 cm³/mol. The number of rotatable bonds is 7. The summed E-state index contributed by atoms with van der Waals surface area (Å²) in [7, 11) is 1.61. The van der Waals surface area contributed by atoms with Crippen LogP contribution in [0.25, 0.3) is 0 Å². The van der Waals surface area contributed by atoms with Crippen molar-refractivity contribution in [2.24, 2.45) is 5.92 Å². The first kappa shape index (κ1) is 16.5. The van der Waals surface area contributed by atoms with Crippen molar-refractivity contribution in [3.63, 3.8) is 0 Å². The molecule has 0 unspecified atom stereocenters. The molecule has 0 atom stereocenters. The molecule has 0 bridgehead atoms. The van der Waals surface area contributed by atoms with Crippen molar-refractivity contribution in [2.45, 2.75) is 40.3 Å². The van der Waals surface area contributed by atoms with E-state index in [4.69, 9.17) is 9.84 Å². The second kappa shape index (κ2) is 7.29. The summed E-state index contributed by atoms with van der Waals surface area (Å²) in [5.74, 6) is 0.393. The van der Waals surface area contributed by atoms with E-state index >= 15 is 0 Å². The summed E-state index contributed by atoms with van der Waals surface area (Å²) >= 11 is 0. The van der Waals surface area contributed by atoms with Gasteiger partial charge >= 0.3 is 5.97 Å². The summed E-state index contributed by atoms with van der Waals surface area (Å²) in [6.07, 6.45) is 0. The monoisotopic (exact) mass is 279 g/mol. The average molecular weight is 279 g/mol. The number of hydrogen-bond acceptors (Lipinski definition) is 3. The van der Waals surface area contributed by atoms with Crippen LogP contribution in [0.15, 0.2) is 18.2 Å². The minimum Gasteiger partial charge on any atom is -0.496 e. The molecule has 0 heterocycles. The van der Waals surface area contributed by atoms with Crippen molar-refractivity contribution in [3.05, 3.63) is 29.3 Å². The van der Waals surface area contributed by atoms with Gasteiger partial charge in [-0.25, -0.2) is 4.79 Å². The normalized spacial score (nSPS) is 11.4. The molecule has 0 amide bonds. The number of hydrogen-bond donors (Lipinski definition) is 1. The number of carboxylic acids is 1. The molecule has 0 spiro atoms. The molecule has 4 heteroatoms. The fourth-order valence-corrected chi connectivity index (χ4v) is 2.18. The molecular formula is C16H25NO3. The minimum atomic E-state index is -0.908.